The first-order valence-electron chi connectivity index (χ1n) is 7.42. The molecule has 1 aromatic carbocycles. The second-order valence-corrected chi connectivity index (χ2v) is 6.09. The second kappa shape index (κ2) is 6.23. The van der Waals surface area contributed by atoms with Gasteiger partial charge in [0.2, 0.25) is 0 Å². The average molecular weight is 259 g/mol. The van der Waals surface area contributed by atoms with Gasteiger partial charge in [-0.25, -0.2) is 0 Å². The van der Waals surface area contributed by atoms with Crippen molar-refractivity contribution in [1.82, 2.24) is 0 Å². The van der Waals surface area contributed by atoms with Crippen molar-refractivity contribution in [1.29, 1.82) is 0 Å². The Morgan fingerprint density at radius 2 is 2.05 bits per heavy atom. The van der Waals surface area contributed by atoms with Crippen LogP contribution in [0.15, 0.2) is 18.2 Å². The van der Waals surface area contributed by atoms with Crippen LogP contribution < -0.4 is 4.90 Å². The van der Waals surface area contributed by atoms with Crippen molar-refractivity contribution in [2.45, 2.75) is 40.0 Å². The van der Waals surface area contributed by atoms with Crippen molar-refractivity contribution in [3.8, 4) is 0 Å². The lowest BCUT2D eigenvalue weighted by Gasteiger charge is -2.25. The summed E-state index contributed by atoms with van der Waals surface area (Å²) >= 11 is 0. The molecule has 0 aromatic heterocycles. The zero-order valence-electron chi connectivity index (χ0n) is 12.4. The van der Waals surface area contributed by atoms with Crippen LogP contribution in [0.2, 0.25) is 0 Å². The van der Waals surface area contributed by atoms with E-state index in [0.717, 1.165) is 36.8 Å². The fourth-order valence-corrected chi connectivity index (χ4v) is 3.14. The van der Waals surface area contributed by atoms with Crippen LogP contribution >= 0.6 is 0 Å². The second-order valence-electron chi connectivity index (χ2n) is 6.09. The fourth-order valence-electron chi connectivity index (χ4n) is 3.14. The van der Waals surface area contributed by atoms with Crippen LogP contribution in [0.1, 0.15) is 49.0 Å². The average Bonchev–Trinajstić information content (AvgIpc) is 2.64. The molecule has 1 unspecified atom stereocenters. The van der Waals surface area contributed by atoms with E-state index >= 15 is 0 Å². The molecule has 2 rings (SSSR count). The van der Waals surface area contributed by atoms with Gasteiger partial charge in [0.1, 0.15) is 6.29 Å². The fraction of sp³-hybridized carbons (Fsp3) is 0.588. The normalized spacial score (nSPS) is 20.4. The van der Waals surface area contributed by atoms with Gasteiger partial charge in [-0.1, -0.05) is 13.8 Å². The Bertz CT molecular complexity index is 439. The Balaban J connectivity index is 2.12. The Morgan fingerprint density at radius 1 is 1.26 bits per heavy atom. The highest BCUT2D eigenvalue weighted by Gasteiger charge is 2.20. The van der Waals surface area contributed by atoms with E-state index < -0.39 is 0 Å². The molecule has 2 heteroatoms. The summed E-state index contributed by atoms with van der Waals surface area (Å²) in [6, 6.07) is 6.03. The number of hydrogen-bond acceptors (Lipinski definition) is 2. The molecular formula is C17H25NO. The Hall–Kier alpha value is -1.31. The van der Waals surface area contributed by atoms with Gasteiger partial charge in [0, 0.05) is 24.3 Å². The molecule has 0 amide bonds. The minimum absolute atomic E-state index is 0.774. The quantitative estimate of drug-likeness (QED) is 0.763. The molecule has 2 nitrogen and oxygen atoms in total. The Labute approximate surface area is 116 Å². The molecule has 1 aliphatic rings. The molecule has 1 saturated heterocycles. The monoisotopic (exact) mass is 259 g/mol. The molecule has 1 fully saturated rings. The molecule has 104 valence electrons. The van der Waals surface area contributed by atoms with E-state index in [2.05, 4.69) is 31.7 Å². The molecule has 0 saturated carbocycles. The van der Waals surface area contributed by atoms with E-state index in [9.17, 15) is 4.79 Å². The predicted molar refractivity (Wildman–Crippen MR) is 81.0 cm³/mol. The van der Waals surface area contributed by atoms with Crippen LogP contribution in [0.25, 0.3) is 0 Å². The van der Waals surface area contributed by atoms with Gasteiger partial charge < -0.3 is 4.90 Å². The zero-order chi connectivity index (χ0) is 13.8. The lowest BCUT2D eigenvalue weighted by atomic mass is 9.89. The van der Waals surface area contributed by atoms with E-state index in [4.69, 9.17) is 0 Å². The first-order chi connectivity index (χ1) is 9.11. The number of hydrogen-bond donors (Lipinski definition) is 0. The topological polar surface area (TPSA) is 20.3 Å². The molecule has 19 heavy (non-hydrogen) atoms. The van der Waals surface area contributed by atoms with Crippen LogP contribution in [0.4, 0.5) is 5.69 Å². The molecule has 1 atom stereocenters. The lowest BCUT2D eigenvalue weighted by Crippen LogP contribution is -2.25. The van der Waals surface area contributed by atoms with Gasteiger partial charge in [0.15, 0.2) is 0 Å². The van der Waals surface area contributed by atoms with E-state index in [1.54, 1.807) is 0 Å². The highest BCUT2D eigenvalue weighted by molar-refractivity contribution is 5.77. The summed E-state index contributed by atoms with van der Waals surface area (Å²) in [5, 5.41) is 0. The number of rotatable bonds is 3. The molecular weight excluding hydrogens is 234 g/mol. The third-order valence-corrected chi connectivity index (χ3v) is 4.41. The summed E-state index contributed by atoms with van der Waals surface area (Å²) in [4.78, 5) is 13.3. The van der Waals surface area contributed by atoms with Crippen molar-refractivity contribution >= 4 is 12.0 Å². The standard InChI is InChI=1S/C17H25NO/c1-13(2)16-5-4-9-18(10-8-16)17-7-6-15(12-19)11-14(17)3/h6-7,11-13,16H,4-5,8-10H2,1-3H3. The number of benzene rings is 1. The number of carbonyl (C=O) groups excluding carboxylic acids is 1. The van der Waals surface area contributed by atoms with Crippen LogP contribution in [-0.2, 0) is 0 Å². The number of aldehydes is 1. The van der Waals surface area contributed by atoms with Gasteiger partial charge in [-0.05, 0) is 61.8 Å². The van der Waals surface area contributed by atoms with Crippen molar-refractivity contribution in [3.05, 3.63) is 29.3 Å². The maximum atomic E-state index is 10.8. The van der Waals surface area contributed by atoms with Crippen molar-refractivity contribution < 1.29 is 4.79 Å². The summed E-state index contributed by atoms with van der Waals surface area (Å²) in [5.41, 5.74) is 3.29. The first-order valence-corrected chi connectivity index (χ1v) is 7.42. The van der Waals surface area contributed by atoms with E-state index in [0.29, 0.717) is 0 Å². The maximum absolute atomic E-state index is 10.8. The number of aryl methyl sites for hydroxylation is 1. The van der Waals surface area contributed by atoms with Crippen LogP contribution in [0.5, 0.6) is 0 Å². The summed E-state index contributed by atoms with van der Waals surface area (Å²) in [7, 11) is 0. The SMILES string of the molecule is Cc1cc(C=O)ccc1N1CCCC(C(C)C)CC1. The third kappa shape index (κ3) is 3.37. The number of anilines is 1. The molecule has 0 radical (unpaired) electrons. The number of carbonyl (C=O) groups is 1. The van der Waals surface area contributed by atoms with E-state index in [-0.39, 0.29) is 0 Å². The van der Waals surface area contributed by atoms with Crippen LogP contribution in [0, 0.1) is 18.8 Å². The Morgan fingerprint density at radius 3 is 2.68 bits per heavy atom. The lowest BCUT2D eigenvalue weighted by molar-refractivity contribution is 0.112. The van der Waals surface area contributed by atoms with Crippen LogP contribution in [-0.4, -0.2) is 19.4 Å². The molecule has 1 aliphatic heterocycles. The highest BCUT2D eigenvalue weighted by Crippen LogP contribution is 2.29. The molecule has 0 bridgehead atoms. The molecule has 1 aromatic rings. The number of nitrogens with zero attached hydrogens (tertiary/aromatic N) is 1. The molecule has 0 N–H and O–H groups in total. The van der Waals surface area contributed by atoms with E-state index in [1.807, 2.05) is 12.1 Å². The van der Waals surface area contributed by atoms with E-state index in [1.165, 1.54) is 30.5 Å². The first kappa shape index (κ1) is 14.1. The van der Waals surface area contributed by atoms with Crippen molar-refractivity contribution in [2.75, 3.05) is 18.0 Å². The van der Waals surface area contributed by atoms with Gasteiger partial charge in [-0.2, -0.15) is 0 Å². The van der Waals surface area contributed by atoms with Crippen LogP contribution in [0.3, 0.4) is 0 Å². The largest absolute Gasteiger partial charge is 0.371 e. The zero-order valence-corrected chi connectivity index (χ0v) is 12.4. The summed E-state index contributed by atoms with van der Waals surface area (Å²) in [6.07, 6.45) is 4.83. The summed E-state index contributed by atoms with van der Waals surface area (Å²) < 4.78 is 0. The molecule has 0 spiro atoms. The smallest absolute Gasteiger partial charge is 0.150 e. The van der Waals surface area contributed by atoms with Gasteiger partial charge in [-0.3, -0.25) is 4.79 Å². The highest BCUT2D eigenvalue weighted by atomic mass is 16.1. The minimum atomic E-state index is 0.774. The predicted octanol–water partition coefficient (Wildman–Crippen LogP) is 4.07. The summed E-state index contributed by atoms with van der Waals surface area (Å²) in [6.45, 7) is 9.07. The van der Waals surface area contributed by atoms with Gasteiger partial charge in [0.25, 0.3) is 0 Å². The molecule has 1 heterocycles. The van der Waals surface area contributed by atoms with Crippen molar-refractivity contribution in [2.24, 2.45) is 11.8 Å². The summed E-state index contributed by atoms with van der Waals surface area (Å²) in [5.74, 6) is 1.65. The Kier molecular flexibility index (Phi) is 4.62. The maximum Gasteiger partial charge on any atom is 0.150 e. The molecule has 0 aliphatic carbocycles. The van der Waals surface area contributed by atoms with Gasteiger partial charge in [-0.15, -0.1) is 0 Å². The van der Waals surface area contributed by atoms with Crippen molar-refractivity contribution in [3.63, 3.8) is 0 Å². The van der Waals surface area contributed by atoms with Gasteiger partial charge >= 0.3 is 0 Å². The third-order valence-electron chi connectivity index (χ3n) is 4.41. The van der Waals surface area contributed by atoms with Gasteiger partial charge in [0.05, 0.1) is 0 Å². The minimum Gasteiger partial charge on any atom is -0.371 e.